The van der Waals surface area contributed by atoms with Crippen molar-refractivity contribution < 1.29 is 14.2 Å². The molecule has 1 unspecified atom stereocenters. The SMILES string of the molecule is CN(C)CCOC(COCC[Si](C)(C)C)c1cc2c([nH]1)-c1ccccc1Oc1ccccc1-2. The number of ether oxygens (including phenoxy) is 3. The lowest BCUT2D eigenvalue weighted by molar-refractivity contribution is -0.0209. The standard InChI is InChI=1S/C27H36N2O3Si/c1-29(2)14-15-31-26(19-30-16-17-33(3,4)5)23-18-22-20-10-6-8-12-24(20)32-25-13-9-7-11-21(25)27(22)28-23/h6-13,18,26,28H,14-17,19H2,1-5H3. The lowest BCUT2D eigenvalue weighted by Crippen LogP contribution is -2.24. The maximum absolute atomic E-state index is 6.34. The predicted octanol–water partition coefficient (Wildman–Crippen LogP) is 6.43. The maximum Gasteiger partial charge on any atom is 0.136 e. The van der Waals surface area contributed by atoms with Crippen LogP contribution in [-0.4, -0.2) is 58.4 Å². The van der Waals surface area contributed by atoms with E-state index in [0.29, 0.717) is 13.2 Å². The van der Waals surface area contributed by atoms with Gasteiger partial charge in [-0.2, -0.15) is 0 Å². The molecule has 0 saturated carbocycles. The lowest BCUT2D eigenvalue weighted by Gasteiger charge is -2.20. The van der Waals surface area contributed by atoms with Gasteiger partial charge in [-0.15, -0.1) is 0 Å². The summed E-state index contributed by atoms with van der Waals surface area (Å²) in [6, 6.07) is 19.8. The second-order valence-electron chi connectivity index (χ2n) is 10.2. The van der Waals surface area contributed by atoms with Gasteiger partial charge in [-0.25, -0.2) is 0 Å². The highest BCUT2D eigenvalue weighted by Crippen LogP contribution is 2.47. The number of rotatable bonds is 10. The monoisotopic (exact) mass is 464 g/mol. The number of hydrogen-bond donors (Lipinski definition) is 1. The van der Waals surface area contributed by atoms with Crippen LogP contribution in [0.4, 0.5) is 0 Å². The number of hydrogen-bond acceptors (Lipinski definition) is 4. The van der Waals surface area contributed by atoms with Crippen molar-refractivity contribution >= 4 is 8.07 Å². The molecule has 0 radical (unpaired) electrons. The third-order valence-corrected chi connectivity index (χ3v) is 7.57. The second kappa shape index (κ2) is 10.3. The van der Waals surface area contributed by atoms with Crippen LogP contribution < -0.4 is 4.74 Å². The largest absolute Gasteiger partial charge is 0.456 e. The van der Waals surface area contributed by atoms with E-state index < -0.39 is 8.07 Å². The van der Waals surface area contributed by atoms with Crippen LogP contribution in [0.25, 0.3) is 22.4 Å². The van der Waals surface area contributed by atoms with Gasteiger partial charge in [0.05, 0.1) is 18.9 Å². The molecule has 1 atom stereocenters. The van der Waals surface area contributed by atoms with Crippen molar-refractivity contribution in [1.82, 2.24) is 9.88 Å². The summed E-state index contributed by atoms with van der Waals surface area (Å²) < 4.78 is 18.7. The summed E-state index contributed by atoms with van der Waals surface area (Å²) in [6.45, 7) is 9.96. The highest BCUT2D eigenvalue weighted by Gasteiger charge is 2.25. The topological polar surface area (TPSA) is 46.7 Å². The van der Waals surface area contributed by atoms with E-state index in [9.17, 15) is 0 Å². The second-order valence-corrected chi connectivity index (χ2v) is 15.8. The van der Waals surface area contributed by atoms with Crippen molar-refractivity contribution in [2.24, 2.45) is 0 Å². The minimum Gasteiger partial charge on any atom is -0.456 e. The average Bonchev–Trinajstić information content (AvgIpc) is 3.15. The number of aromatic nitrogens is 1. The van der Waals surface area contributed by atoms with Crippen molar-refractivity contribution in [3.8, 4) is 33.9 Å². The molecule has 0 aliphatic carbocycles. The number of aromatic amines is 1. The molecule has 1 aliphatic rings. The molecule has 0 saturated heterocycles. The first kappa shape index (κ1) is 23.8. The van der Waals surface area contributed by atoms with Gasteiger partial charge in [0.1, 0.15) is 17.6 Å². The summed E-state index contributed by atoms with van der Waals surface area (Å²) in [5, 5.41) is 0. The van der Waals surface area contributed by atoms with Gasteiger partial charge in [-0.3, -0.25) is 0 Å². The van der Waals surface area contributed by atoms with Crippen molar-refractivity contribution in [3.63, 3.8) is 0 Å². The van der Waals surface area contributed by atoms with Crippen LogP contribution in [0.5, 0.6) is 11.5 Å². The van der Waals surface area contributed by atoms with Gasteiger partial charge in [0.15, 0.2) is 0 Å². The molecule has 1 N–H and O–H groups in total. The zero-order valence-electron chi connectivity index (χ0n) is 20.5. The number of nitrogens with one attached hydrogen (secondary N) is 1. The van der Waals surface area contributed by atoms with E-state index in [-0.39, 0.29) is 6.10 Å². The number of nitrogens with zero attached hydrogens (tertiary/aromatic N) is 1. The fraction of sp³-hybridized carbons (Fsp3) is 0.407. The first-order chi connectivity index (χ1) is 15.8. The summed E-state index contributed by atoms with van der Waals surface area (Å²) in [6.07, 6.45) is -0.154. The van der Waals surface area contributed by atoms with Gasteiger partial charge < -0.3 is 24.1 Å². The third-order valence-electron chi connectivity index (χ3n) is 5.86. The van der Waals surface area contributed by atoms with Crippen LogP contribution in [-0.2, 0) is 9.47 Å². The summed E-state index contributed by atoms with van der Waals surface area (Å²) in [7, 11) is 2.99. The molecule has 5 nitrogen and oxygen atoms in total. The Kier molecular flexibility index (Phi) is 7.39. The van der Waals surface area contributed by atoms with E-state index in [1.807, 2.05) is 30.3 Å². The van der Waals surface area contributed by atoms with Gasteiger partial charge in [-0.05, 0) is 44.4 Å². The van der Waals surface area contributed by atoms with Gasteiger partial charge in [0.25, 0.3) is 0 Å². The molecular weight excluding hydrogens is 428 g/mol. The smallest absolute Gasteiger partial charge is 0.136 e. The van der Waals surface area contributed by atoms with E-state index in [4.69, 9.17) is 14.2 Å². The molecule has 2 aromatic carbocycles. The number of para-hydroxylation sites is 2. The van der Waals surface area contributed by atoms with E-state index in [1.54, 1.807) is 0 Å². The quantitative estimate of drug-likeness (QED) is 0.217. The number of H-pyrrole nitrogens is 1. The molecule has 1 aliphatic heterocycles. The summed E-state index contributed by atoms with van der Waals surface area (Å²) in [5.41, 5.74) is 5.38. The van der Waals surface area contributed by atoms with Crippen molar-refractivity contribution in [2.75, 3.05) is 40.5 Å². The molecule has 1 aromatic heterocycles. The van der Waals surface area contributed by atoms with E-state index >= 15 is 0 Å². The first-order valence-electron chi connectivity index (χ1n) is 11.8. The van der Waals surface area contributed by atoms with Crippen LogP contribution in [0.3, 0.4) is 0 Å². The Balaban J connectivity index is 1.65. The zero-order valence-corrected chi connectivity index (χ0v) is 21.5. The minimum atomic E-state index is -1.14. The zero-order chi connectivity index (χ0) is 23.4. The normalized spacial score (nSPS) is 13.6. The first-order valence-corrected chi connectivity index (χ1v) is 15.5. The Morgan fingerprint density at radius 2 is 1.58 bits per heavy atom. The van der Waals surface area contributed by atoms with Crippen LogP contribution in [0, 0.1) is 0 Å². The molecule has 0 amide bonds. The number of likely N-dealkylation sites (N-methyl/N-ethyl adjacent to an activating group) is 1. The fourth-order valence-corrected chi connectivity index (χ4v) is 4.66. The van der Waals surface area contributed by atoms with Crippen LogP contribution >= 0.6 is 0 Å². The molecule has 3 aromatic rings. The molecule has 4 rings (SSSR count). The van der Waals surface area contributed by atoms with E-state index in [2.05, 4.69) is 67.9 Å². The number of fused-ring (bicyclic) bond motifs is 5. The number of benzene rings is 2. The Morgan fingerprint density at radius 3 is 2.27 bits per heavy atom. The summed E-state index contributed by atoms with van der Waals surface area (Å²) in [4.78, 5) is 5.81. The molecule has 6 heteroatoms. The Labute approximate surface area is 198 Å². The third kappa shape index (κ3) is 5.95. The van der Waals surface area contributed by atoms with Gasteiger partial charge in [0.2, 0.25) is 0 Å². The fourth-order valence-electron chi connectivity index (χ4n) is 3.91. The highest BCUT2D eigenvalue weighted by atomic mass is 28.3. The van der Waals surface area contributed by atoms with Crippen LogP contribution in [0.2, 0.25) is 25.7 Å². The molecule has 0 fully saturated rings. The Hall–Kier alpha value is -2.38. The molecule has 0 spiro atoms. The van der Waals surface area contributed by atoms with E-state index in [1.165, 1.54) is 0 Å². The predicted molar refractivity (Wildman–Crippen MR) is 138 cm³/mol. The average molecular weight is 465 g/mol. The van der Waals surface area contributed by atoms with Crippen molar-refractivity contribution in [3.05, 3.63) is 60.3 Å². The van der Waals surface area contributed by atoms with Gasteiger partial charge in [-0.1, -0.05) is 50.0 Å². The highest BCUT2D eigenvalue weighted by molar-refractivity contribution is 6.76. The Bertz CT molecular complexity index is 1010. The summed E-state index contributed by atoms with van der Waals surface area (Å²) in [5.74, 6) is 1.72. The van der Waals surface area contributed by atoms with Crippen LogP contribution in [0.15, 0.2) is 54.6 Å². The van der Waals surface area contributed by atoms with E-state index in [0.717, 1.165) is 58.8 Å². The molecule has 2 heterocycles. The molecule has 33 heavy (non-hydrogen) atoms. The molecular formula is C27H36N2O3Si. The molecule has 0 bridgehead atoms. The van der Waals surface area contributed by atoms with Crippen LogP contribution in [0.1, 0.15) is 11.8 Å². The van der Waals surface area contributed by atoms with Gasteiger partial charge in [0, 0.05) is 43.6 Å². The van der Waals surface area contributed by atoms with Crippen molar-refractivity contribution in [2.45, 2.75) is 31.8 Å². The Morgan fingerprint density at radius 1 is 0.909 bits per heavy atom. The molecule has 176 valence electrons. The minimum absolute atomic E-state index is 0.154. The van der Waals surface area contributed by atoms with Crippen molar-refractivity contribution in [1.29, 1.82) is 0 Å². The summed E-state index contributed by atoms with van der Waals surface area (Å²) >= 11 is 0. The maximum atomic E-state index is 6.34. The lowest BCUT2D eigenvalue weighted by atomic mass is 10.0. The van der Waals surface area contributed by atoms with Gasteiger partial charge >= 0.3 is 0 Å².